The first kappa shape index (κ1) is 17.7. The predicted molar refractivity (Wildman–Crippen MR) is 96.6 cm³/mol. The average Bonchev–Trinajstić information content (AvgIpc) is 2.59. The van der Waals surface area contributed by atoms with Crippen LogP contribution < -0.4 is 9.62 Å². The average molecular weight is 381 g/mol. The second kappa shape index (κ2) is 7.03. The van der Waals surface area contributed by atoms with Gasteiger partial charge in [-0.3, -0.25) is 9.52 Å². The number of rotatable bonds is 4. The van der Waals surface area contributed by atoms with E-state index in [-0.39, 0.29) is 17.4 Å². The van der Waals surface area contributed by atoms with Crippen molar-refractivity contribution in [1.29, 1.82) is 0 Å². The van der Waals surface area contributed by atoms with Gasteiger partial charge in [0, 0.05) is 17.3 Å². The van der Waals surface area contributed by atoms with Crippen LogP contribution in [0.2, 0.25) is 5.02 Å². The third-order valence-corrected chi connectivity index (χ3v) is 5.75. The highest BCUT2D eigenvalue weighted by Crippen LogP contribution is 2.26. The van der Waals surface area contributed by atoms with Crippen LogP contribution in [-0.4, -0.2) is 34.1 Å². The minimum absolute atomic E-state index is 0.0374. The fraction of sp³-hybridized carbons (Fsp3) is 0.235. The van der Waals surface area contributed by atoms with Crippen molar-refractivity contribution in [2.75, 3.05) is 29.4 Å². The molecule has 1 aliphatic heterocycles. The molecule has 8 heteroatoms. The maximum Gasteiger partial charge on any atom is 0.261 e. The molecule has 0 bridgehead atoms. The van der Waals surface area contributed by atoms with Crippen LogP contribution >= 0.6 is 11.6 Å². The summed E-state index contributed by atoms with van der Waals surface area (Å²) in [6.45, 7) is 2.69. The Bertz CT molecular complexity index is 897. The van der Waals surface area contributed by atoms with Crippen molar-refractivity contribution in [3.63, 3.8) is 0 Å². The minimum Gasteiger partial charge on any atom is -0.370 e. The topological polar surface area (TPSA) is 75.7 Å². The number of amides is 1. The lowest BCUT2D eigenvalue weighted by Gasteiger charge is -2.26. The molecular formula is C17H17ClN2O4S. The number of carbonyl (C=O) groups is 1. The first-order valence-electron chi connectivity index (χ1n) is 7.64. The maximum atomic E-state index is 12.6. The summed E-state index contributed by atoms with van der Waals surface area (Å²) < 4.78 is 32.8. The summed E-state index contributed by atoms with van der Waals surface area (Å²) in [4.78, 5) is 13.5. The number of hydrogen-bond donors (Lipinski definition) is 1. The fourth-order valence-corrected chi connectivity index (χ4v) is 3.82. The van der Waals surface area contributed by atoms with Gasteiger partial charge in [0.15, 0.2) is 0 Å². The van der Waals surface area contributed by atoms with E-state index in [4.69, 9.17) is 16.3 Å². The van der Waals surface area contributed by atoms with E-state index < -0.39 is 10.0 Å². The van der Waals surface area contributed by atoms with Crippen LogP contribution in [0, 0.1) is 6.92 Å². The number of ether oxygens (including phenoxy) is 1. The molecule has 0 saturated carbocycles. The molecule has 3 rings (SSSR count). The monoisotopic (exact) mass is 380 g/mol. The lowest BCUT2D eigenvalue weighted by atomic mass is 10.2. The van der Waals surface area contributed by atoms with E-state index in [1.165, 1.54) is 12.1 Å². The molecule has 2 aromatic carbocycles. The zero-order chi connectivity index (χ0) is 18.0. The number of anilines is 2. The quantitative estimate of drug-likeness (QED) is 0.884. The molecular weight excluding hydrogens is 364 g/mol. The summed E-state index contributed by atoms with van der Waals surface area (Å²) in [5.74, 6) is -0.144. The highest BCUT2D eigenvalue weighted by atomic mass is 35.5. The van der Waals surface area contributed by atoms with Gasteiger partial charge in [0.2, 0.25) is 0 Å². The van der Waals surface area contributed by atoms with E-state index in [0.29, 0.717) is 35.1 Å². The van der Waals surface area contributed by atoms with E-state index in [1.807, 2.05) is 0 Å². The first-order chi connectivity index (χ1) is 11.9. The molecule has 6 nitrogen and oxygen atoms in total. The van der Waals surface area contributed by atoms with Gasteiger partial charge in [-0.2, -0.15) is 0 Å². The summed E-state index contributed by atoms with van der Waals surface area (Å²) in [5, 5.41) is 0.487. The van der Waals surface area contributed by atoms with Crippen molar-refractivity contribution < 1.29 is 17.9 Å². The van der Waals surface area contributed by atoms with Crippen molar-refractivity contribution in [2.24, 2.45) is 0 Å². The van der Waals surface area contributed by atoms with Gasteiger partial charge < -0.3 is 9.64 Å². The lowest BCUT2D eigenvalue weighted by Crippen LogP contribution is -2.41. The van der Waals surface area contributed by atoms with Gasteiger partial charge in [-0.05, 0) is 48.9 Å². The summed E-state index contributed by atoms with van der Waals surface area (Å²) in [6, 6.07) is 11.2. The Hall–Kier alpha value is -2.09. The summed E-state index contributed by atoms with van der Waals surface area (Å²) in [6.07, 6.45) is 0. The van der Waals surface area contributed by atoms with E-state index >= 15 is 0 Å². The number of hydrogen-bond acceptors (Lipinski definition) is 4. The number of morpholine rings is 1. The smallest absolute Gasteiger partial charge is 0.261 e. The molecule has 0 aromatic heterocycles. The standard InChI is InChI=1S/C17H17ClN2O4S/c1-12-15(18)3-2-4-16(12)19-25(22,23)14-7-5-13(6-8-14)20-9-10-24-11-17(20)21/h2-8,19H,9-11H2,1H3. The molecule has 1 amide bonds. The first-order valence-corrected chi connectivity index (χ1v) is 9.51. The molecule has 0 spiro atoms. The van der Waals surface area contributed by atoms with Crippen LogP contribution in [0.5, 0.6) is 0 Å². The molecule has 25 heavy (non-hydrogen) atoms. The van der Waals surface area contributed by atoms with Crippen molar-refractivity contribution in [3.8, 4) is 0 Å². The van der Waals surface area contributed by atoms with E-state index in [0.717, 1.165) is 0 Å². The molecule has 1 saturated heterocycles. The normalized spacial score (nSPS) is 15.3. The molecule has 0 radical (unpaired) electrons. The molecule has 1 heterocycles. The zero-order valence-electron chi connectivity index (χ0n) is 13.5. The third-order valence-electron chi connectivity index (χ3n) is 3.96. The van der Waals surface area contributed by atoms with E-state index in [9.17, 15) is 13.2 Å². The van der Waals surface area contributed by atoms with E-state index in [1.54, 1.807) is 42.2 Å². The second-order valence-corrected chi connectivity index (χ2v) is 7.70. The number of nitrogens with zero attached hydrogens (tertiary/aromatic N) is 1. The maximum absolute atomic E-state index is 12.6. The van der Waals surface area contributed by atoms with Crippen molar-refractivity contribution >= 4 is 38.9 Å². The van der Waals surface area contributed by atoms with Gasteiger partial charge in [0.1, 0.15) is 6.61 Å². The number of benzene rings is 2. The lowest BCUT2D eigenvalue weighted by molar-refractivity contribution is -0.125. The van der Waals surface area contributed by atoms with Gasteiger partial charge >= 0.3 is 0 Å². The van der Waals surface area contributed by atoms with Gasteiger partial charge in [0.25, 0.3) is 15.9 Å². The largest absolute Gasteiger partial charge is 0.370 e. The SMILES string of the molecule is Cc1c(Cl)cccc1NS(=O)(=O)c1ccc(N2CCOCC2=O)cc1. The molecule has 0 atom stereocenters. The van der Waals surface area contributed by atoms with Crippen LogP contribution in [0.25, 0.3) is 0 Å². The van der Waals surface area contributed by atoms with Crippen LogP contribution in [-0.2, 0) is 19.6 Å². The summed E-state index contributed by atoms with van der Waals surface area (Å²) >= 11 is 6.03. The van der Waals surface area contributed by atoms with Crippen molar-refractivity contribution in [2.45, 2.75) is 11.8 Å². The van der Waals surface area contributed by atoms with Gasteiger partial charge in [0.05, 0.1) is 17.2 Å². The molecule has 132 valence electrons. The summed E-state index contributed by atoms with van der Waals surface area (Å²) in [7, 11) is -3.75. The highest BCUT2D eigenvalue weighted by molar-refractivity contribution is 7.92. The zero-order valence-corrected chi connectivity index (χ0v) is 15.1. The number of halogens is 1. The van der Waals surface area contributed by atoms with Crippen molar-refractivity contribution in [1.82, 2.24) is 0 Å². The third kappa shape index (κ3) is 3.78. The van der Waals surface area contributed by atoms with Gasteiger partial charge in [-0.15, -0.1) is 0 Å². The van der Waals surface area contributed by atoms with Crippen LogP contribution in [0.1, 0.15) is 5.56 Å². The Morgan fingerprint density at radius 1 is 1.16 bits per heavy atom. The Morgan fingerprint density at radius 2 is 1.88 bits per heavy atom. The Balaban J connectivity index is 1.83. The van der Waals surface area contributed by atoms with Crippen LogP contribution in [0.15, 0.2) is 47.4 Å². The summed E-state index contributed by atoms with van der Waals surface area (Å²) in [5.41, 5.74) is 1.73. The number of carbonyl (C=O) groups excluding carboxylic acids is 1. The van der Waals surface area contributed by atoms with Gasteiger partial charge in [-0.25, -0.2) is 8.42 Å². The Morgan fingerprint density at radius 3 is 2.56 bits per heavy atom. The van der Waals surface area contributed by atoms with E-state index in [2.05, 4.69) is 4.72 Å². The van der Waals surface area contributed by atoms with Crippen LogP contribution in [0.4, 0.5) is 11.4 Å². The highest BCUT2D eigenvalue weighted by Gasteiger charge is 2.21. The van der Waals surface area contributed by atoms with Gasteiger partial charge in [-0.1, -0.05) is 17.7 Å². The molecule has 1 fully saturated rings. The Kier molecular flexibility index (Phi) is 4.99. The molecule has 1 aliphatic rings. The van der Waals surface area contributed by atoms with Crippen LogP contribution in [0.3, 0.4) is 0 Å². The number of nitrogens with one attached hydrogen (secondary N) is 1. The Labute approximate surface area is 151 Å². The number of sulfonamides is 1. The fourth-order valence-electron chi connectivity index (χ4n) is 2.52. The molecule has 0 aliphatic carbocycles. The minimum atomic E-state index is -3.75. The molecule has 2 aromatic rings. The molecule has 1 N–H and O–H groups in total. The predicted octanol–water partition coefficient (Wildman–Crippen LogP) is 2.81. The second-order valence-electron chi connectivity index (χ2n) is 5.61. The van der Waals surface area contributed by atoms with Crippen molar-refractivity contribution in [3.05, 3.63) is 53.1 Å². The molecule has 0 unspecified atom stereocenters.